The van der Waals surface area contributed by atoms with Gasteiger partial charge in [-0.1, -0.05) is 19.9 Å². The number of aryl methyl sites for hydroxylation is 1. The minimum atomic E-state index is 0.513. The van der Waals surface area contributed by atoms with Crippen molar-refractivity contribution in [1.29, 1.82) is 0 Å². The highest BCUT2D eigenvalue weighted by molar-refractivity contribution is 5.27. The highest BCUT2D eigenvalue weighted by atomic mass is 16.5. The van der Waals surface area contributed by atoms with E-state index in [4.69, 9.17) is 4.74 Å². The number of fused-ring (bicyclic) bond motifs is 1. The van der Waals surface area contributed by atoms with Crippen LogP contribution in [0.25, 0.3) is 0 Å². The van der Waals surface area contributed by atoms with Crippen LogP contribution in [0.2, 0.25) is 0 Å². The molecule has 112 valence electrons. The zero-order valence-electron chi connectivity index (χ0n) is 13.1. The molecule has 0 saturated carbocycles. The van der Waals surface area contributed by atoms with E-state index < -0.39 is 0 Å². The van der Waals surface area contributed by atoms with Crippen LogP contribution in [0, 0.1) is 5.92 Å². The molecule has 1 aromatic rings. The second kappa shape index (κ2) is 7.75. The van der Waals surface area contributed by atoms with Crippen LogP contribution in [0.3, 0.4) is 0 Å². The Bertz CT molecular complexity index is 408. The Labute approximate surface area is 123 Å². The lowest BCUT2D eigenvalue weighted by Gasteiger charge is -2.33. The third kappa shape index (κ3) is 3.80. The van der Waals surface area contributed by atoms with Crippen LogP contribution in [-0.4, -0.2) is 31.3 Å². The molecule has 3 atom stereocenters. The third-order valence-electron chi connectivity index (χ3n) is 4.30. The minimum Gasteiger partial charge on any atom is -0.384 e. The average molecular weight is 276 g/mol. The maximum absolute atomic E-state index is 5.30. The van der Waals surface area contributed by atoms with Crippen LogP contribution >= 0.6 is 0 Å². The van der Waals surface area contributed by atoms with Gasteiger partial charge >= 0.3 is 0 Å². The zero-order chi connectivity index (χ0) is 14.4. The Morgan fingerprint density at radius 2 is 2.35 bits per heavy atom. The molecule has 0 aliphatic heterocycles. The second-order valence-electron chi connectivity index (χ2n) is 6.01. The van der Waals surface area contributed by atoms with Gasteiger partial charge in [0.2, 0.25) is 0 Å². The fraction of sp³-hybridized carbons (Fsp3) is 0.706. The Balaban J connectivity index is 2.13. The number of likely N-dealkylation sites (N-methyl/N-ethyl adjacent to an activating group) is 1. The fourth-order valence-corrected chi connectivity index (χ4v) is 3.48. The molecule has 0 saturated heterocycles. The molecule has 1 aliphatic carbocycles. The smallest absolute Gasteiger partial charge is 0.0488 e. The van der Waals surface area contributed by atoms with Crippen molar-refractivity contribution >= 4 is 0 Å². The molecule has 3 heteroatoms. The molecular weight excluding hydrogens is 248 g/mol. The summed E-state index contributed by atoms with van der Waals surface area (Å²) >= 11 is 0. The lowest BCUT2D eigenvalue weighted by Crippen LogP contribution is -2.38. The van der Waals surface area contributed by atoms with Crippen molar-refractivity contribution in [3.05, 3.63) is 29.6 Å². The van der Waals surface area contributed by atoms with E-state index in [0.29, 0.717) is 17.9 Å². The van der Waals surface area contributed by atoms with E-state index in [-0.39, 0.29) is 0 Å². The van der Waals surface area contributed by atoms with Gasteiger partial charge in [-0.05, 0) is 49.8 Å². The van der Waals surface area contributed by atoms with E-state index in [9.17, 15) is 0 Å². The van der Waals surface area contributed by atoms with Crippen molar-refractivity contribution in [1.82, 2.24) is 10.3 Å². The molecule has 0 bridgehead atoms. The lowest BCUT2D eigenvalue weighted by molar-refractivity contribution is 0.145. The third-order valence-corrected chi connectivity index (χ3v) is 4.30. The Kier molecular flexibility index (Phi) is 5.99. The van der Waals surface area contributed by atoms with E-state index in [2.05, 4.69) is 36.3 Å². The Morgan fingerprint density at radius 3 is 3.10 bits per heavy atom. The molecule has 0 aromatic carbocycles. The van der Waals surface area contributed by atoms with Crippen molar-refractivity contribution in [3.63, 3.8) is 0 Å². The molecule has 2 rings (SSSR count). The molecule has 0 amide bonds. The normalized spacial score (nSPS) is 21.2. The number of ether oxygens (including phenoxy) is 1. The predicted octanol–water partition coefficient (Wildman–Crippen LogP) is 3.15. The SMILES string of the molecule is CCNC(CC(C)COC)C1CCCc2cccnc21. The van der Waals surface area contributed by atoms with Gasteiger partial charge < -0.3 is 10.1 Å². The van der Waals surface area contributed by atoms with Crippen molar-refractivity contribution in [3.8, 4) is 0 Å². The molecule has 0 radical (unpaired) electrons. The molecule has 0 fully saturated rings. The monoisotopic (exact) mass is 276 g/mol. The molecule has 1 N–H and O–H groups in total. The van der Waals surface area contributed by atoms with Gasteiger partial charge in [-0.25, -0.2) is 0 Å². The van der Waals surface area contributed by atoms with Gasteiger partial charge in [0, 0.05) is 37.6 Å². The summed E-state index contributed by atoms with van der Waals surface area (Å²) in [4.78, 5) is 4.69. The second-order valence-corrected chi connectivity index (χ2v) is 6.01. The minimum absolute atomic E-state index is 0.513. The lowest BCUT2D eigenvalue weighted by atomic mass is 9.79. The number of aromatic nitrogens is 1. The molecule has 20 heavy (non-hydrogen) atoms. The summed E-state index contributed by atoms with van der Waals surface area (Å²) in [6, 6.07) is 4.83. The maximum atomic E-state index is 5.30. The number of nitrogens with one attached hydrogen (secondary N) is 1. The Hall–Kier alpha value is -0.930. The first kappa shape index (κ1) is 15.5. The van der Waals surface area contributed by atoms with Gasteiger partial charge in [0.15, 0.2) is 0 Å². The first-order chi connectivity index (χ1) is 9.76. The number of methoxy groups -OCH3 is 1. The molecule has 1 heterocycles. The van der Waals surface area contributed by atoms with E-state index in [1.54, 1.807) is 7.11 Å². The highest BCUT2D eigenvalue weighted by Gasteiger charge is 2.29. The number of hydrogen-bond donors (Lipinski definition) is 1. The summed E-state index contributed by atoms with van der Waals surface area (Å²) in [5.74, 6) is 1.14. The fourth-order valence-electron chi connectivity index (χ4n) is 3.48. The summed E-state index contributed by atoms with van der Waals surface area (Å²) in [5, 5.41) is 3.69. The van der Waals surface area contributed by atoms with Gasteiger partial charge in [0.25, 0.3) is 0 Å². The number of pyridine rings is 1. The van der Waals surface area contributed by atoms with Crippen LogP contribution in [0.5, 0.6) is 0 Å². The van der Waals surface area contributed by atoms with Crippen LogP contribution in [-0.2, 0) is 11.2 Å². The molecule has 3 unspecified atom stereocenters. The number of rotatable bonds is 7. The standard InChI is InChI=1S/C17H28N2O/c1-4-18-16(11-13(2)12-20-3)15-9-5-7-14-8-6-10-19-17(14)15/h6,8,10,13,15-16,18H,4-5,7,9,11-12H2,1-3H3. The maximum Gasteiger partial charge on any atom is 0.0488 e. The van der Waals surface area contributed by atoms with Crippen molar-refractivity contribution in [2.24, 2.45) is 5.92 Å². The largest absolute Gasteiger partial charge is 0.384 e. The quantitative estimate of drug-likeness (QED) is 0.830. The summed E-state index contributed by atoms with van der Waals surface area (Å²) in [6.45, 7) is 6.32. The predicted molar refractivity (Wildman–Crippen MR) is 83.0 cm³/mol. The molecular formula is C17H28N2O. The van der Waals surface area contributed by atoms with Crippen LogP contribution < -0.4 is 5.32 Å². The van der Waals surface area contributed by atoms with E-state index in [0.717, 1.165) is 19.6 Å². The number of hydrogen-bond acceptors (Lipinski definition) is 3. The van der Waals surface area contributed by atoms with Gasteiger partial charge in [-0.3, -0.25) is 4.98 Å². The summed E-state index contributed by atoms with van der Waals surface area (Å²) in [5.41, 5.74) is 2.78. The van der Waals surface area contributed by atoms with E-state index in [1.165, 1.54) is 30.5 Å². The van der Waals surface area contributed by atoms with Crippen LogP contribution in [0.1, 0.15) is 50.3 Å². The van der Waals surface area contributed by atoms with Crippen molar-refractivity contribution in [2.75, 3.05) is 20.3 Å². The average Bonchev–Trinajstić information content (AvgIpc) is 2.46. The van der Waals surface area contributed by atoms with Crippen molar-refractivity contribution in [2.45, 2.75) is 51.5 Å². The first-order valence-corrected chi connectivity index (χ1v) is 7.92. The summed E-state index contributed by atoms with van der Waals surface area (Å²) < 4.78 is 5.30. The van der Waals surface area contributed by atoms with Gasteiger partial charge in [0.1, 0.15) is 0 Å². The van der Waals surface area contributed by atoms with E-state index in [1.807, 2.05) is 6.20 Å². The molecule has 0 spiro atoms. The van der Waals surface area contributed by atoms with Gasteiger partial charge in [-0.2, -0.15) is 0 Å². The first-order valence-electron chi connectivity index (χ1n) is 7.92. The van der Waals surface area contributed by atoms with Gasteiger partial charge in [-0.15, -0.1) is 0 Å². The highest BCUT2D eigenvalue weighted by Crippen LogP contribution is 2.34. The van der Waals surface area contributed by atoms with E-state index >= 15 is 0 Å². The molecule has 3 nitrogen and oxygen atoms in total. The Morgan fingerprint density at radius 1 is 1.50 bits per heavy atom. The van der Waals surface area contributed by atoms with Crippen LogP contribution in [0.15, 0.2) is 18.3 Å². The van der Waals surface area contributed by atoms with Crippen LogP contribution in [0.4, 0.5) is 0 Å². The van der Waals surface area contributed by atoms with Crippen molar-refractivity contribution < 1.29 is 4.74 Å². The van der Waals surface area contributed by atoms with Gasteiger partial charge in [0.05, 0.1) is 0 Å². The topological polar surface area (TPSA) is 34.1 Å². The zero-order valence-corrected chi connectivity index (χ0v) is 13.1. The summed E-state index contributed by atoms with van der Waals surface area (Å²) in [6.07, 6.45) is 6.82. The molecule has 1 aliphatic rings. The molecule has 1 aromatic heterocycles. The summed E-state index contributed by atoms with van der Waals surface area (Å²) in [7, 11) is 1.79. The number of nitrogens with zero attached hydrogens (tertiary/aromatic N) is 1.